The van der Waals surface area contributed by atoms with Crippen LogP contribution >= 0.6 is 0 Å². The Hall–Kier alpha value is -2.60. The highest BCUT2D eigenvalue weighted by Crippen LogP contribution is 2.27. The van der Waals surface area contributed by atoms with Crippen molar-refractivity contribution in [3.05, 3.63) is 71.1 Å². The van der Waals surface area contributed by atoms with Crippen molar-refractivity contribution < 1.29 is 17.9 Å². The van der Waals surface area contributed by atoms with Gasteiger partial charge in [-0.1, -0.05) is 17.7 Å². The van der Waals surface area contributed by atoms with Crippen molar-refractivity contribution in [3.8, 4) is 5.75 Å². The van der Waals surface area contributed by atoms with E-state index in [4.69, 9.17) is 4.74 Å². The van der Waals surface area contributed by atoms with Crippen LogP contribution in [0.25, 0.3) is 0 Å². The molecule has 1 aliphatic rings. The van der Waals surface area contributed by atoms with E-state index in [0.29, 0.717) is 23.6 Å². The Morgan fingerprint density at radius 2 is 1.77 bits per heavy atom. The van der Waals surface area contributed by atoms with E-state index in [2.05, 4.69) is 0 Å². The zero-order valence-electron chi connectivity index (χ0n) is 14.8. The number of hydrogen-bond acceptors (Lipinski definition) is 4. The summed E-state index contributed by atoms with van der Waals surface area (Å²) in [5.41, 5.74) is 2.20. The Balaban J connectivity index is 1.97. The van der Waals surface area contributed by atoms with Crippen LogP contribution in [-0.4, -0.2) is 32.7 Å². The molecule has 5 nitrogen and oxygen atoms in total. The highest BCUT2D eigenvalue weighted by atomic mass is 32.2. The van der Waals surface area contributed by atoms with Crippen molar-refractivity contribution in [2.45, 2.75) is 19.9 Å². The molecule has 6 heteroatoms. The summed E-state index contributed by atoms with van der Waals surface area (Å²) < 4.78 is 29.2. The number of carbonyl (C=O) groups excluding carboxylic acids is 1. The first-order chi connectivity index (χ1) is 12.4. The van der Waals surface area contributed by atoms with Gasteiger partial charge in [0.1, 0.15) is 5.75 Å². The van der Waals surface area contributed by atoms with E-state index in [-0.39, 0.29) is 11.7 Å². The van der Waals surface area contributed by atoms with Crippen LogP contribution in [0.4, 0.5) is 5.69 Å². The van der Waals surface area contributed by atoms with Crippen LogP contribution < -0.4 is 9.64 Å². The van der Waals surface area contributed by atoms with Crippen molar-refractivity contribution in [3.63, 3.8) is 0 Å². The van der Waals surface area contributed by atoms with E-state index < -0.39 is 15.9 Å². The second kappa shape index (κ2) is 7.33. The molecule has 136 valence electrons. The molecule has 1 heterocycles. The first-order valence-corrected chi connectivity index (χ1v) is 10.2. The van der Waals surface area contributed by atoms with E-state index in [1.54, 1.807) is 42.5 Å². The lowest BCUT2D eigenvalue weighted by molar-refractivity contribution is 0.0983. The summed E-state index contributed by atoms with van der Waals surface area (Å²) in [6.07, 6.45) is 1.57. The summed E-state index contributed by atoms with van der Waals surface area (Å²) in [4.78, 5) is 14.7. The van der Waals surface area contributed by atoms with Gasteiger partial charge in [-0.15, -0.1) is 0 Å². The fraction of sp³-hybridized carbons (Fsp3) is 0.250. The van der Waals surface area contributed by atoms with Gasteiger partial charge in [0, 0.05) is 16.7 Å². The number of sulfone groups is 1. The van der Waals surface area contributed by atoms with E-state index >= 15 is 0 Å². The van der Waals surface area contributed by atoms with Crippen molar-refractivity contribution in [1.29, 1.82) is 0 Å². The van der Waals surface area contributed by atoms with Gasteiger partial charge >= 0.3 is 0 Å². The topological polar surface area (TPSA) is 63.7 Å². The quantitative estimate of drug-likeness (QED) is 0.809. The molecule has 26 heavy (non-hydrogen) atoms. The summed E-state index contributed by atoms with van der Waals surface area (Å²) >= 11 is 0. The Bertz CT molecular complexity index is 915. The molecular weight excluding hydrogens is 350 g/mol. The standard InChI is InChI=1S/C20H21NO4S/c1-3-25-19-10-8-17(9-11-19)21(18-12-13-26(23,24)14-18)20(22)16-6-4-15(2)5-7-16/h4-13,18H,3,14H2,1-2H3/t18-/m0/s1. The van der Waals surface area contributed by atoms with Gasteiger partial charge in [0.25, 0.3) is 5.91 Å². The number of rotatable bonds is 5. The van der Waals surface area contributed by atoms with Crippen molar-refractivity contribution in [2.75, 3.05) is 17.3 Å². The van der Waals surface area contributed by atoms with Gasteiger partial charge in [0.2, 0.25) is 0 Å². The molecule has 0 bridgehead atoms. The molecule has 1 atom stereocenters. The van der Waals surface area contributed by atoms with Crippen LogP contribution in [0.15, 0.2) is 60.0 Å². The highest BCUT2D eigenvalue weighted by molar-refractivity contribution is 7.94. The average molecular weight is 371 g/mol. The Labute approximate surface area is 153 Å². The summed E-state index contributed by atoms with van der Waals surface area (Å²) in [7, 11) is -3.29. The number of amides is 1. The fourth-order valence-corrected chi connectivity index (χ4v) is 4.15. The molecule has 0 unspecified atom stereocenters. The van der Waals surface area contributed by atoms with E-state index in [9.17, 15) is 13.2 Å². The second-order valence-electron chi connectivity index (χ2n) is 6.19. The van der Waals surface area contributed by atoms with Gasteiger partial charge < -0.3 is 9.64 Å². The Morgan fingerprint density at radius 3 is 2.31 bits per heavy atom. The lowest BCUT2D eigenvalue weighted by Gasteiger charge is -2.28. The highest BCUT2D eigenvalue weighted by Gasteiger charge is 2.32. The number of benzene rings is 2. The molecule has 0 radical (unpaired) electrons. The number of hydrogen-bond donors (Lipinski definition) is 0. The summed E-state index contributed by atoms with van der Waals surface area (Å²) in [5, 5.41) is 1.18. The van der Waals surface area contributed by atoms with E-state index in [0.717, 1.165) is 5.56 Å². The van der Waals surface area contributed by atoms with Crippen LogP contribution in [-0.2, 0) is 9.84 Å². The van der Waals surface area contributed by atoms with Gasteiger partial charge in [0.05, 0.1) is 18.4 Å². The first-order valence-electron chi connectivity index (χ1n) is 8.43. The third kappa shape index (κ3) is 3.96. The lowest BCUT2D eigenvalue weighted by atomic mass is 10.1. The fourth-order valence-electron chi connectivity index (χ4n) is 2.88. The maximum Gasteiger partial charge on any atom is 0.258 e. The van der Waals surface area contributed by atoms with Crippen LogP contribution in [0.2, 0.25) is 0 Å². The molecular formula is C20H21NO4S. The smallest absolute Gasteiger partial charge is 0.258 e. The van der Waals surface area contributed by atoms with E-state index in [1.807, 2.05) is 26.0 Å². The number of anilines is 1. The van der Waals surface area contributed by atoms with Crippen molar-refractivity contribution >= 4 is 21.4 Å². The van der Waals surface area contributed by atoms with Gasteiger partial charge in [0.15, 0.2) is 9.84 Å². The molecule has 2 aromatic carbocycles. The molecule has 0 saturated heterocycles. The minimum Gasteiger partial charge on any atom is -0.494 e. The van der Waals surface area contributed by atoms with Crippen LogP contribution in [0.1, 0.15) is 22.8 Å². The van der Waals surface area contributed by atoms with Gasteiger partial charge in [-0.2, -0.15) is 0 Å². The lowest BCUT2D eigenvalue weighted by Crippen LogP contribution is -2.41. The number of carbonyl (C=O) groups is 1. The minimum atomic E-state index is -3.29. The third-order valence-corrected chi connectivity index (χ3v) is 5.56. The largest absolute Gasteiger partial charge is 0.494 e. The molecule has 1 aliphatic heterocycles. The monoisotopic (exact) mass is 371 g/mol. The summed E-state index contributed by atoms with van der Waals surface area (Å²) in [6, 6.07) is 13.8. The van der Waals surface area contributed by atoms with Gasteiger partial charge in [-0.25, -0.2) is 8.42 Å². The van der Waals surface area contributed by atoms with Crippen LogP contribution in [0, 0.1) is 6.92 Å². The summed E-state index contributed by atoms with van der Waals surface area (Å²) in [5.74, 6) is 0.354. The third-order valence-electron chi connectivity index (χ3n) is 4.19. The molecule has 0 aromatic heterocycles. The second-order valence-corrected chi connectivity index (χ2v) is 8.12. The Kier molecular flexibility index (Phi) is 5.13. The molecule has 2 aromatic rings. The Morgan fingerprint density at radius 1 is 1.12 bits per heavy atom. The predicted octanol–water partition coefficient (Wildman–Crippen LogP) is 3.35. The average Bonchev–Trinajstić information content (AvgIpc) is 2.97. The van der Waals surface area contributed by atoms with Crippen molar-refractivity contribution in [2.24, 2.45) is 0 Å². The van der Waals surface area contributed by atoms with Gasteiger partial charge in [-0.05, 0) is 56.3 Å². The molecule has 3 rings (SSSR count). The minimum absolute atomic E-state index is 0.113. The van der Waals surface area contributed by atoms with Crippen molar-refractivity contribution in [1.82, 2.24) is 0 Å². The van der Waals surface area contributed by atoms with Crippen LogP contribution in [0.5, 0.6) is 5.75 Å². The number of aryl methyl sites for hydroxylation is 1. The molecule has 0 N–H and O–H groups in total. The molecule has 1 amide bonds. The maximum atomic E-state index is 13.1. The molecule has 0 aliphatic carbocycles. The SMILES string of the molecule is CCOc1ccc(N(C(=O)c2ccc(C)cc2)[C@H]2C=CS(=O)(=O)C2)cc1. The predicted molar refractivity (Wildman–Crippen MR) is 102 cm³/mol. The zero-order chi connectivity index (χ0) is 18.7. The molecule has 0 fully saturated rings. The summed E-state index contributed by atoms with van der Waals surface area (Å²) in [6.45, 7) is 4.40. The maximum absolute atomic E-state index is 13.1. The molecule has 0 saturated carbocycles. The van der Waals surface area contributed by atoms with Crippen LogP contribution in [0.3, 0.4) is 0 Å². The zero-order valence-corrected chi connectivity index (χ0v) is 15.6. The number of nitrogens with zero attached hydrogens (tertiary/aromatic N) is 1. The number of ether oxygens (including phenoxy) is 1. The molecule has 0 spiro atoms. The first kappa shape index (κ1) is 18.2. The van der Waals surface area contributed by atoms with Gasteiger partial charge in [-0.3, -0.25) is 4.79 Å². The van der Waals surface area contributed by atoms with E-state index in [1.165, 1.54) is 10.3 Å². The normalized spacial score (nSPS) is 17.8.